The summed E-state index contributed by atoms with van der Waals surface area (Å²) in [6.45, 7) is 7.05. The van der Waals surface area contributed by atoms with Crippen molar-refractivity contribution in [2.45, 2.75) is 32.7 Å². The van der Waals surface area contributed by atoms with Crippen LogP contribution in [0.3, 0.4) is 0 Å². The summed E-state index contributed by atoms with van der Waals surface area (Å²) in [7, 11) is 0. The van der Waals surface area contributed by atoms with Crippen molar-refractivity contribution in [2.75, 3.05) is 0 Å². The van der Waals surface area contributed by atoms with Crippen LogP contribution >= 0.6 is 0 Å². The molecule has 0 radical (unpaired) electrons. The molecule has 0 spiro atoms. The number of aldehydes is 1. The number of hydrogen-bond acceptors (Lipinski definition) is 2. The Kier molecular flexibility index (Phi) is 3.32. The van der Waals surface area contributed by atoms with Crippen molar-refractivity contribution in [3.63, 3.8) is 0 Å². The molecule has 1 heterocycles. The second kappa shape index (κ2) is 4.77. The van der Waals surface area contributed by atoms with Crippen LogP contribution in [0.1, 0.15) is 42.6 Å². The highest BCUT2D eigenvalue weighted by molar-refractivity contribution is 5.71. The minimum absolute atomic E-state index is 0.0734. The number of rotatable bonds is 3. The summed E-state index contributed by atoms with van der Waals surface area (Å²) in [4.78, 5) is 15.3. The van der Waals surface area contributed by atoms with E-state index < -0.39 is 0 Å². The van der Waals surface area contributed by atoms with Crippen molar-refractivity contribution in [3.05, 3.63) is 53.6 Å². The van der Waals surface area contributed by atoms with Crippen LogP contribution in [0.5, 0.6) is 0 Å². The van der Waals surface area contributed by atoms with Gasteiger partial charge in [0.15, 0.2) is 6.29 Å². The molecule has 2 aromatic rings. The molecular formula is C15H18N2O. The Hall–Kier alpha value is -1.90. The van der Waals surface area contributed by atoms with Gasteiger partial charge >= 0.3 is 0 Å². The second-order valence-electron chi connectivity index (χ2n) is 5.47. The monoisotopic (exact) mass is 242 g/mol. The van der Waals surface area contributed by atoms with Crippen LogP contribution < -0.4 is 0 Å². The average molecular weight is 242 g/mol. The van der Waals surface area contributed by atoms with Crippen LogP contribution in [0, 0.1) is 0 Å². The van der Waals surface area contributed by atoms with Gasteiger partial charge in [-0.25, -0.2) is 4.98 Å². The van der Waals surface area contributed by atoms with Crippen LogP contribution in [0.25, 0.3) is 0 Å². The van der Waals surface area contributed by atoms with E-state index in [1.807, 2.05) is 24.4 Å². The third-order valence-corrected chi connectivity index (χ3v) is 2.78. The number of aromatic nitrogens is 2. The molecule has 18 heavy (non-hydrogen) atoms. The molecule has 0 aliphatic heterocycles. The molecule has 0 unspecified atom stereocenters. The summed E-state index contributed by atoms with van der Waals surface area (Å²) in [5.74, 6) is 0.938. The quantitative estimate of drug-likeness (QED) is 0.775. The molecule has 1 aromatic carbocycles. The topological polar surface area (TPSA) is 34.9 Å². The molecule has 0 N–H and O–H groups in total. The molecule has 0 bridgehead atoms. The second-order valence-corrected chi connectivity index (χ2v) is 5.47. The van der Waals surface area contributed by atoms with E-state index in [2.05, 4.69) is 42.5 Å². The third kappa shape index (κ3) is 2.67. The van der Waals surface area contributed by atoms with Gasteiger partial charge < -0.3 is 4.57 Å². The maximum Gasteiger partial charge on any atom is 0.170 e. The molecule has 0 saturated carbocycles. The van der Waals surface area contributed by atoms with E-state index in [1.54, 1.807) is 0 Å². The largest absolute Gasteiger partial charge is 0.329 e. The van der Waals surface area contributed by atoms with E-state index in [4.69, 9.17) is 0 Å². The molecule has 94 valence electrons. The van der Waals surface area contributed by atoms with Crippen LogP contribution in [-0.4, -0.2) is 15.8 Å². The lowest BCUT2D eigenvalue weighted by Gasteiger charge is -2.19. The molecule has 0 aliphatic carbocycles. The molecular weight excluding hydrogens is 224 g/mol. The van der Waals surface area contributed by atoms with Crippen LogP contribution in [0.15, 0.2) is 36.5 Å². The van der Waals surface area contributed by atoms with Crippen LogP contribution in [-0.2, 0) is 12.0 Å². The zero-order valence-corrected chi connectivity index (χ0v) is 11.1. The summed E-state index contributed by atoms with van der Waals surface area (Å²) in [5, 5.41) is 0. The zero-order chi connectivity index (χ0) is 13.2. The minimum atomic E-state index is -0.0734. The van der Waals surface area contributed by atoms with Gasteiger partial charge in [-0.15, -0.1) is 0 Å². The highest BCUT2D eigenvalue weighted by atomic mass is 16.1. The summed E-state index contributed by atoms with van der Waals surface area (Å²) in [6, 6.07) is 10.2. The van der Waals surface area contributed by atoms with Crippen molar-refractivity contribution in [1.82, 2.24) is 9.55 Å². The molecule has 3 nitrogen and oxygen atoms in total. The lowest BCUT2D eigenvalue weighted by atomic mass is 9.95. The Morgan fingerprint density at radius 3 is 2.44 bits per heavy atom. The molecule has 1 aromatic heterocycles. The fourth-order valence-corrected chi connectivity index (χ4v) is 1.99. The minimum Gasteiger partial charge on any atom is -0.329 e. The summed E-state index contributed by atoms with van der Waals surface area (Å²) >= 11 is 0. The Balaban J connectivity index is 2.38. The van der Waals surface area contributed by atoms with Gasteiger partial charge in [-0.3, -0.25) is 4.79 Å². The summed E-state index contributed by atoms with van der Waals surface area (Å²) < 4.78 is 2.05. The maximum absolute atomic E-state index is 10.9. The average Bonchev–Trinajstić information content (AvgIpc) is 2.73. The van der Waals surface area contributed by atoms with E-state index in [-0.39, 0.29) is 5.41 Å². The van der Waals surface area contributed by atoms with Gasteiger partial charge in [-0.1, -0.05) is 51.1 Å². The number of hydrogen-bond donors (Lipinski definition) is 0. The molecule has 2 rings (SSSR count). The zero-order valence-electron chi connectivity index (χ0n) is 11.1. The molecule has 0 saturated heterocycles. The smallest absolute Gasteiger partial charge is 0.170 e. The molecule has 0 aliphatic rings. The Labute approximate surface area is 107 Å². The van der Waals surface area contributed by atoms with Crippen molar-refractivity contribution in [3.8, 4) is 0 Å². The first-order valence-corrected chi connectivity index (χ1v) is 6.07. The highest BCUT2D eigenvalue weighted by Gasteiger charge is 2.21. The number of carbonyl (C=O) groups is 1. The number of nitrogens with zero attached hydrogens (tertiary/aromatic N) is 2. The van der Waals surface area contributed by atoms with Gasteiger partial charge in [-0.05, 0) is 5.56 Å². The molecule has 0 fully saturated rings. The van der Waals surface area contributed by atoms with E-state index in [0.29, 0.717) is 5.69 Å². The first-order valence-electron chi connectivity index (χ1n) is 6.07. The van der Waals surface area contributed by atoms with Gasteiger partial charge in [0.25, 0.3) is 0 Å². The fourth-order valence-electron chi connectivity index (χ4n) is 1.99. The van der Waals surface area contributed by atoms with Gasteiger partial charge in [0.05, 0.1) is 0 Å². The van der Waals surface area contributed by atoms with Gasteiger partial charge in [0.1, 0.15) is 11.5 Å². The van der Waals surface area contributed by atoms with Crippen molar-refractivity contribution in [1.29, 1.82) is 0 Å². The maximum atomic E-state index is 10.9. The predicted molar refractivity (Wildman–Crippen MR) is 71.9 cm³/mol. The van der Waals surface area contributed by atoms with Crippen LogP contribution in [0.2, 0.25) is 0 Å². The third-order valence-electron chi connectivity index (χ3n) is 2.78. The summed E-state index contributed by atoms with van der Waals surface area (Å²) in [6.07, 6.45) is 2.62. The van der Waals surface area contributed by atoms with E-state index in [1.165, 1.54) is 5.56 Å². The molecule has 0 atom stereocenters. The highest BCUT2D eigenvalue weighted by Crippen LogP contribution is 2.22. The van der Waals surface area contributed by atoms with E-state index >= 15 is 0 Å². The number of carbonyl (C=O) groups excluding carboxylic acids is 1. The lowest BCUT2D eigenvalue weighted by Crippen LogP contribution is -2.19. The predicted octanol–water partition coefficient (Wildman–Crippen LogP) is 3.04. The van der Waals surface area contributed by atoms with Crippen LogP contribution in [0.4, 0.5) is 0 Å². The van der Waals surface area contributed by atoms with Gasteiger partial charge in [-0.2, -0.15) is 0 Å². The van der Waals surface area contributed by atoms with Crippen molar-refractivity contribution < 1.29 is 4.79 Å². The number of imidazole rings is 1. The first-order chi connectivity index (χ1) is 8.50. The molecule has 3 heteroatoms. The Morgan fingerprint density at radius 2 is 1.89 bits per heavy atom. The standard InChI is InChI=1S/C15H18N2O/c1-15(2,3)14-16-13(11-18)10-17(14)9-12-7-5-4-6-8-12/h4-8,10-11H,9H2,1-3H3. The summed E-state index contributed by atoms with van der Waals surface area (Å²) in [5.41, 5.74) is 1.63. The lowest BCUT2D eigenvalue weighted by molar-refractivity contribution is 0.111. The Bertz CT molecular complexity index is 535. The van der Waals surface area contributed by atoms with E-state index in [9.17, 15) is 4.79 Å². The SMILES string of the molecule is CC(C)(C)c1nc(C=O)cn1Cc1ccccc1. The van der Waals surface area contributed by atoms with Crippen molar-refractivity contribution >= 4 is 6.29 Å². The normalized spacial score (nSPS) is 11.5. The first kappa shape index (κ1) is 12.6. The van der Waals surface area contributed by atoms with Gasteiger partial charge in [0, 0.05) is 18.2 Å². The number of benzene rings is 1. The van der Waals surface area contributed by atoms with Gasteiger partial charge in [0.2, 0.25) is 0 Å². The molecule has 0 amide bonds. The van der Waals surface area contributed by atoms with E-state index in [0.717, 1.165) is 18.7 Å². The van der Waals surface area contributed by atoms with Crippen molar-refractivity contribution in [2.24, 2.45) is 0 Å². The fraction of sp³-hybridized carbons (Fsp3) is 0.333. The Morgan fingerprint density at radius 1 is 1.22 bits per heavy atom.